The largest absolute Gasteiger partial charge is 0.490 e. The minimum absolute atomic E-state index is 0.258. The van der Waals surface area contributed by atoms with Crippen molar-refractivity contribution in [3.05, 3.63) is 53.8 Å². The van der Waals surface area contributed by atoms with Crippen molar-refractivity contribution in [2.24, 2.45) is 0 Å². The lowest BCUT2D eigenvalue weighted by Crippen LogP contribution is -2.29. The Morgan fingerprint density at radius 3 is 2.29 bits per heavy atom. The van der Waals surface area contributed by atoms with Gasteiger partial charge in [0, 0.05) is 6.07 Å². The van der Waals surface area contributed by atoms with Gasteiger partial charge in [0.05, 0.1) is 0 Å². The second-order valence-corrected chi connectivity index (χ2v) is 4.55. The normalized spacial score (nSPS) is 10.3. The average molecular weight is 290 g/mol. The van der Waals surface area contributed by atoms with Crippen LogP contribution >= 0.6 is 0 Å². The van der Waals surface area contributed by atoms with E-state index in [1.165, 1.54) is 12.1 Å². The molecule has 21 heavy (non-hydrogen) atoms. The zero-order valence-electron chi connectivity index (χ0n) is 11.6. The Morgan fingerprint density at radius 1 is 1.00 bits per heavy atom. The van der Waals surface area contributed by atoms with Crippen LogP contribution in [-0.2, 0) is 0 Å². The van der Waals surface area contributed by atoms with Crippen molar-refractivity contribution in [1.82, 2.24) is 0 Å². The van der Waals surface area contributed by atoms with Gasteiger partial charge in [0.15, 0.2) is 0 Å². The molecule has 0 aliphatic carbocycles. The standard InChI is InChI=1S/C15H16BFO4/c1-11-5-6-14(10-15(11)17)21-8-7-20-13-4-2-3-12(9-13)16(18)19/h2-6,9-10,18-19H,7-8H2,1H3. The SMILES string of the molecule is Cc1ccc(OCCOc2cccc(B(O)O)c2)cc1F. The van der Waals surface area contributed by atoms with Crippen LogP contribution in [0.25, 0.3) is 0 Å². The van der Waals surface area contributed by atoms with Gasteiger partial charge in [-0.2, -0.15) is 0 Å². The number of rotatable bonds is 6. The van der Waals surface area contributed by atoms with Crippen LogP contribution in [0.3, 0.4) is 0 Å². The Morgan fingerprint density at radius 2 is 1.67 bits per heavy atom. The Balaban J connectivity index is 1.81. The zero-order chi connectivity index (χ0) is 15.2. The van der Waals surface area contributed by atoms with Gasteiger partial charge in [-0.05, 0) is 36.1 Å². The maximum atomic E-state index is 13.3. The van der Waals surface area contributed by atoms with Gasteiger partial charge in [-0.1, -0.05) is 18.2 Å². The third-order valence-electron chi connectivity index (χ3n) is 2.92. The number of benzene rings is 2. The van der Waals surface area contributed by atoms with Gasteiger partial charge >= 0.3 is 7.12 Å². The lowest BCUT2D eigenvalue weighted by atomic mass is 9.80. The summed E-state index contributed by atoms with van der Waals surface area (Å²) >= 11 is 0. The smallest absolute Gasteiger partial charge is 0.488 e. The minimum atomic E-state index is -1.53. The molecule has 0 saturated heterocycles. The fourth-order valence-corrected chi connectivity index (χ4v) is 1.75. The topological polar surface area (TPSA) is 58.9 Å². The molecule has 0 aliphatic heterocycles. The monoisotopic (exact) mass is 290 g/mol. The molecule has 0 unspecified atom stereocenters. The van der Waals surface area contributed by atoms with Crippen molar-refractivity contribution in [2.75, 3.05) is 13.2 Å². The molecule has 110 valence electrons. The first-order valence-electron chi connectivity index (χ1n) is 6.54. The molecule has 0 aliphatic rings. The summed E-state index contributed by atoms with van der Waals surface area (Å²) in [6, 6.07) is 11.2. The summed E-state index contributed by atoms with van der Waals surface area (Å²) < 4.78 is 24.1. The summed E-state index contributed by atoms with van der Waals surface area (Å²) in [7, 11) is -1.53. The molecule has 2 aromatic rings. The summed E-state index contributed by atoms with van der Waals surface area (Å²) in [5.74, 6) is 0.651. The molecule has 0 amide bonds. The second-order valence-electron chi connectivity index (χ2n) is 4.55. The molecule has 0 radical (unpaired) electrons. The molecule has 0 bridgehead atoms. The van der Waals surface area contributed by atoms with Crippen LogP contribution in [0.4, 0.5) is 4.39 Å². The van der Waals surface area contributed by atoms with Crippen molar-refractivity contribution < 1.29 is 23.9 Å². The second kappa shape index (κ2) is 7.10. The highest BCUT2D eigenvalue weighted by atomic mass is 19.1. The van der Waals surface area contributed by atoms with Crippen molar-refractivity contribution in [2.45, 2.75) is 6.92 Å². The summed E-state index contributed by atoms with van der Waals surface area (Å²) in [5, 5.41) is 18.1. The predicted octanol–water partition coefficient (Wildman–Crippen LogP) is 1.27. The molecule has 0 spiro atoms. The van der Waals surface area contributed by atoms with E-state index in [0.29, 0.717) is 22.5 Å². The maximum Gasteiger partial charge on any atom is 0.488 e. The summed E-state index contributed by atoms with van der Waals surface area (Å²) in [4.78, 5) is 0. The molecule has 0 aromatic heterocycles. The number of halogens is 1. The van der Waals surface area contributed by atoms with Crippen LogP contribution in [0.15, 0.2) is 42.5 Å². The number of hydrogen-bond acceptors (Lipinski definition) is 4. The lowest BCUT2D eigenvalue weighted by Gasteiger charge is -2.10. The van der Waals surface area contributed by atoms with Crippen LogP contribution in [-0.4, -0.2) is 30.4 Å². The van der Waals surface area contributed by atoms with E-state index in [4.69, 9.17) is 19.5 Å². The average Bonchev–Trinajstić information content (AvgIpc) is 2.47. The van der Waals surface area contributed by atoms with Gasteiger partial charge in [0.1, 0.15) is 30.5 Å². The Hall–Kier alpha value is -2.05. The summed E-state index contributed by atoms with van der Waals surface area (Å²) in [5.41, 5.74) is 0.923. The molecule has 2 aromatic carbocycles. The quantitative estimate of drug-likeness (QED) is 0.621. The van der Waals surface area contributed by atoms with Crippen molar-refractivity contribution in [3.8, 4) is 11.5 Å². The van der Waals surface area contributed by atoms with Gasteiger partial charge in [0.2, 0.25) is 0 Å². The molecule has 2 N–H and O–H groups in total. The van der Waals surface area contributed by atoms with Crippen molar-refractivity contribution in [3.63, 3.8) is 0 Å². The fourth-order valence-electron chi connectivity index (χ4n) is 1.75. The van der Waals surface area contributed by atoms with Crippen LogP contribution < -0.4 is 14.9 Å². The van der Waals surface area contributed by atoms with Crippen LogP contribution in [0.5, 0.6) is 11.5 Å². The Labute approximate surface area is 122 Å². The Bertz CT molecular complexity index is 604. The molecule has 0 heterocycles. The zero-order valence-corrected chi connectivity index (χ0v) is 11.6. The molecule has 4 nitrogen and oxygen atoms in total. The molecule has 2 rings (SSSR count). The highest BCUT2D eigenvalue weighted by Gasteiger charge is 2.10. The molecular formula is C15H16BFO4. The molecule has 6 heteroatoms. The van der Waals surface area contributed by atoms with E-state index < -0.39 is 7.12 Å². The number of aryl methyl sites for hydroxylation is 1. The van der Waals surface area contributed by atoms with Crippen molar-refractivity contribution in [1.29, 1.82) is 0 Å². The van der Waals surface area contributed by atoms with Gasteiger partial charge in [-0.3, -0.25) is 0 Å². The van der Waals surface area contributed by atoms with E-state index >= 15 is 0 Å². The van der Waals surface area contributed by atoms with E-state index in [9.17, 15) is 4.39 Å². The molecule has 0 saturated carbocycles. The number of hydrogen-bond donors (Lipinski definition) is 2. The molecule has 0 atom stereocenters. The van der Waals surface area contributed by atoms with Gasteiger partial charge in [0.25, 0.3) is 0 Å². The first kappa shape index (κ1) is 15.3. The molecular weight excluding hydrogens is 274 g/mol. The number of ether oxygens (including phenoxy) is 2. The van der Waals surface area contributed by atoms with Crippen molar-refractivity contribution >= 4 is 12.6 Å². The van der Waals surface area contributed by atoms with E-state index in [-0.39, 0.29) is 19.0 Å². The third kappa shape index (κ3) is 4.48. The first-order chi connectivity index (χ1) is 10.1. The van der Waals surface area contributed by atoms with Crippen LogP contribution in [0.1, 0.15) is 5.56 Å². The maximum absolute atomic E-state index is 13.3. The van der Waals surface area contributed by atoms with Gasteiger partial charge in [-0.25, -0.2) is 4.39 Å². The minimum Gasteiger partial charge on any atom is -0.490 e. The highest BCUT2D eigenvalue weighted by molar-refractivity contribution is 6.58. The van der Waals surface area contributed by atoms with Crippen LogP contribution in [0, 0.1) is 12.7 Å². The Kier molecular flexibility index (Phi) is 5.19. The van der Waals surface area contributed by atoms with E-state index in [1.54, 1.807) is 37.3 Å². The first-order valence-corrected chi connectivity index (χ1v) is 6.54. The summed E-state index contributed by atoms with van der Waals surface area (Å²) in [6.07, 6.45) is 0. The molecule has 0 fully saturated rings. The fraction of sp³-hybridized carbons (Fsp3) is 0.200. The summed E-state index contributed by atoms with van der Waals surface area (Å²) in [6.45, 7) is 2.21. The van der Waals surface area contributed by atoms with E-state index in [2.05, 4.69) is 0 Å². The van der Waals surface area contributed by atoms with Gasteiger partial charge < -0.3 is 19.5 Å². The lowest BCUT2D eigenvalue weighted by molar-refractivity contribution is 0.216. The predicted molar refractivity (Wildman–Crippen MR) is 78.4 cm³/mol. The third-order valence-corrected chi connectivity index (χ3v) is 2.92. The van der Waals surface area contributed by atoms with E-state index in [0.717, 1.165) is 0 Å². The highest BCUT2D eigenvalue weighted by Crippen LogP contribution is 2.15. The van der Waals surface area contributed by atoms with E-state index in [1.807, 2.05) is 0 Å². The van der Waals surface area contributed by atoms with Crippen LogP contribution in [0.2, 0.25) is 0 Å². The van der Waals surface area contributed by atoms with Gasteiger partial charge in [-0.15, -0.1) is 0 Å².